The van der Waals surface area contributed by atoms with Crippen molar-refractivity contribution >= 4 is 8.40 Å². The predicted octanol–water partition coefficient (Wildman–Crippen LogP) is 2.71. The van der Waals surface area contributed by atoms with Crippen molar-refractivity contribution in [3.63, 3.8) is 0 Å². The molecule has 0 saturated carbocycles. The normalized spacial score (nSPS) is 29.3. The lowest BCUT2D eigenvalue weighted by Crippen LogP contribution is -2.73. The first kappa shape index (κ1) is 20.1. The van der Waals surface area contributed by atoms with Gasteiger partial charge in [0.2, 0.25) is 8.40 Å². The molecular formula is C19H40N4Si. The van der Waals surface area contributed by atoms with Crippen LogP contribution in [0.4, 0.5) is 0 Å². The highest BCUT2D eigenvalue weighted by atomic mass is 28.3. The molecule has 0 aromatic carbocycles. The van der Waals surface area contributed by atoms with E-state index in [2.05, 4.69) is 52.4 Å². The van der Waals surface area contributed by atoms with E-state index in [0.29, 0.717) is 12.1 Å². The lowest BCUT2D eigenvalue weighted by Gasteiger charge is -2.54. The second-order valence-corrected chi connectivity index (χ2v) is 11.4. The number of piperazine rings is 2. The van der Waals surface area contributed by atoms with Crippen molar-refractivity contribution in [1.29, 1.82) is 0 Å². The highest BCUT2D eigenvalue weighted by Gasteiger charge is 2.45. The van der Waals surface area contributed by atoms with Crippen LogP contribution in [0, 0.1) is 0 Å². The molecule has 0 aliphatic carbocycles. The summed E-state index contributed by atoms with van der Waals surface area (Å²) in [4.78, 5) is 0. The molecule has 2 aliphatic rings. The minimum atomic E-state index is -1.80. The van der Waals surface area contributed by atoms with Gasteiger partial charge in [-0.1, -0.05) is 45.2 Å². The van der Waals surface area contributed by atoms with E-state index in [1.54, 1.807) is 0 Å². The fourth-order valence-electron chi connectivity index (χ4n) is 4.51. The van der Waals surface area contributed by atoms with Crippen molar-refractivity contribution in [2.24, 2.45) is 0 Å². The standard InChI is InChI=1S/C19H40N4Si/c1-5-8-10-18-16-20-12-14-22(18)24(4,7-3)23-15-13-21-17-19(23)11-9-6-2/h7,18-21H,3,5-6,8-17H2,1-2,4H3. The summed E-state index contributed by atoms with van der Waals surface area (Å²) >= 11 is 0. The van der Waals surface area contributed by atoms with Gasteiger partial charge in [-0.2, -0.15) is 0 Å². The van der Waals surface area contributed by atoms with Crippen LogP contribution in [-0.2, 0) is 0 Å². The van der Waals surface area contributed by atoms with E-state index in [0.717, 1.165) is 26.2 Å². The summed E-state index contributed by atoms with van der Waals surface area (Å²) in [5.74, 6) is 0. The number of nitrogens with zero attached hydrogens (tertiary/aromatic N) is 2. The number of nitrogens with one attached hydrogen (secondary N) is 2. The third kappa shape index (κ3) is 4.70. The minimum absolute atomic E-state index is 0.690. The quantitative estimate of drug-likeness (QED) is 0.625. The Kier molecular flexibility index (Phi) is 8.44. The molecule has 4 nitrogen and oxygen atoms in total. The monoisotopic (exact) mass is 352 g/mol. The Morgan fingerprint density at radius 2 is 1.42 bits per heavy atom. The van der Waals surface area contributed by atoms with Crippen molar-refractivity contribution in [3.05, 3.63) is 12.3 Å². The topological polar surface area (TPSA) is 30.5 Å². The molecule has 0 aromatic rings. The molecule has 2 fully saturated rings. The Bertz CT molecular complexity index is 348. The Hall–Kier alpha value is -0.203. The molecule has 0 spiro atoms. The Labute approximate surface area is 151 Å². The molecule has 2 aliphatic heterocycles. The van der Waals surface area contributed by atoms with Gasteiger partial charge < -0.3 is 19.8 Å². The molecule has 2 heterocycles. The fourth-order valence-corrected chi connectivity index (χ4v) is 8.36. The molecule has 140 valence electrons. The second kappa shape index (κ2) is 10.1. The van der Waals surface area contributed by atoms with Gasteiger partial charge >= 0.3 is 0 Å². The smallest absolute Gasteiger partial charge is 0.229 e. The minimum Gasteiger partial charge on any atom is -0.314 e. The molecule has 0 bridgehead atoms. The van der Waals surface area contributed by atoms with Gasteiger partial charge in [-0.05, 0) is 19.4 Å². The van der Waals surface area contributed by atoms with E-state index in [4.69, 9.17) is 0 Å². The largest absolute Gasteiger partial charge is 0.314 e. The molecule has 2 N–H and O–H groups in total. The zero-order valence-electron chi connectivity index (χ0n) is 16.3. The van der Waals surface area contributed by atoms with E-state index < -0.39 is 8.40 Å². The SMILES string of the molecule is C=C[Si](C)(N1CCNCC1CCCC)N1CCNCC1CCCC. The van der Waals surface area contributed by atoms with Crippen molar-refractivity contribution in [2.75, 3.05) is 39.3 Å². The van der Waals surface area contributed by atoms with Gasteiger partial charge in [0.25, 0.3) is 0 Å². The maximum Gasteiger partial charge on any atom is 0.229 e. The van der Waals surface area contributed by atoms with Gasteiger partial charge in [0, 0.05) is 51.4 Å². The zero-order valence-corrected chi connectivity index (χ0v) is 17.3. The van der Waals surface area contributed by atoms with E-state index in [1.807, 2.05) is 0 Å². The van der Waals surface area contributed by atoms with Crippen LogP contribution in [-0.4, -0.2) is 68.9 Å². The molecule has 0 aromatic heterocycles. The maximum atomic E-state index is 4.35. The van der Waals surface area contributed by atoms with E-state index >= 15 is 0 Å². The summed E-state index contributed by atoms with van der Waals surface area (Å²) in [7, 11) is -1.80. The molecule has 2 rings (SSSR count). The zero-order chi connectivity index (χ0) is 17.4. The van der Waals surface area contributed by atoms with Crippen LogP contribution in [0.1, 0.15) is 52.4 Å². The first-order valence-corrected chi connectivity index (χ1v) is 12.7. The first-order valence-electron chi connectivity index (χ1n) is 10.3. The molecule has 0 amide bonds. The van der Waals surface area contributed by atoms with Crippen LogP contribution in [0.5, 0.6) is 0 Å². The first-order chi connectivity index (χ1) is 11.7. The van der Waals surface area contributed by atoms with Gasteiger partial charge in [-0.25, -0.2) is 0 Å². The third-order valence-electron chi connectivity index (χ3n) is 6.03. The van der Waals surface area contributed by atoms with E-state index in [1.165, 1.54) is 51.6 Å². The Balaban J connectivity index is 2.17. The summed E-state index contributed by atoms with van der Waals surface area (Å²) in [6.07, 6.45) is 7.92. The summed E-state index contributed by atoms with van der Waals surface area (Å²) in [5, 5.41) is 7.27. The van der Waals surface area contributed by atoms with Crippen molar-refractivity contribution in [2.45, 2.75) is 71.0 Å². The van der Waals surface area contributed by atoms with Crippen molar-refractivity contribution < 1.29 is 0 Å². The van der Waals surface area contributed by atoms with Gasteiger partial charge in [-0.3, -0.25) is 0 Å². The molecule has 2 unspecified atom stereocenters. The highest BCUT2D eigenvalue weighted by molar-refractivity contribution is 6.78. The number of hydrogen-bond donors (Lipinski definition) is 2. The van der Waals surface area contributed by atoms with Crippen LogP contribution < -0.4 is 10.6 Å². The van der Waals surface area contributed by atoms with Crippen LogP contribution in [0.3, 0.4) is 0 Å². The van der Waals surface area contributed by atoms with Crippen LogP contribution >= 0.6 is 0 Å². The maximum absolute atomic E-state index is 4.35. The molecule has 2 saturated heterocycles. The van der Waals surface area contributed by atoms with Gasteiger partial charge in [-0.15, -0.1) is 6.58 Å². The number of unbranched alkanes of at least 4 members (excludes halogenated alkanes) is 2. The molecular weight excluding hydrogens is 312 g/mol. The Morgan fingerprint density at radius 1 is 0.958 bits per heavy atom. The van der Waals surface area contributed by atoms with Crippen molar-refractivity contribution in [3.8, 4) is 0 Å². The van der Waals surface area contributed by atoms with Crippen LogP contribution in [0.25, 0.3) is 0 Å². The Morgan fingerprint density at radius 3 is 1.79 bits per heavy atom. The summed E-state index contributed by atoms with van der Waals surface area (Å²) in [6, 6.07) is 1.38. The summed E-state index contributed by atoms with van der Waals surface area (Å²) < 4.78 is 5.77. The lowest BCUT2D eigenvalue weighted by atomic mass is 10.1. The summed E-state index contributed by atoms with van der Waals surface area (Å²) in [5.41, 5.74) is 2.36. The third-order valence-corrected chi connectivity index (χ3v) is 10.3. The van der Waals surface area contributed by atoms with Gasteiger partial charge in [0.05, 0.1) is 0 Å². The second-order valence-electron chi connectivity index (χ2n) is 7.69. The molecule has 24 heavy (non-hydrogen) atoms. The predicted molar refractivity (Wildman–Crippen MR) is 108 cm³/mol. The summed E-state index contributed by atoms with van der Waals surface area (Å²) in [6.45, 7) is 18.5. The molecule has 0 radical (unpaired) electrons. The van der Waals surface area contributed by atoms with E-state index in [-0.39, 0.29) is 0 Å². The van der Waals surface area contributed by atoms with Gasteiger partial charge in [0.1, 0.15) is 0 Å². The lowest BCUT2D eigenvalue weighted by molar-refractivity contribution is 0.179. The van der Waals surface area contributed by atoms with Crippen LogP contribution in [0.15, 0.2) is 12.3 Å². The average molecular weight is 353 g/mol. The number of hydrogen-bond acceptors (Lipinski definition) is 4. The van der Waals surface area contributed by atoms with Gasteiger partial charge in [0.15, 0.2) is 0 Å². The van der Waals surface area contributed by atoms with Crippen molar-refractivity contribution in [1.82, 2.24) is 19.8 Å². The number of rotatable bonds is 9. The average Bonchev–Trinajstić information content (AvgIpc) is 2.64. The van der Waals surface area contributed by atoms with E-state index in [9.17, 15) is 0 Å². The fraction of sp³-hybridized carbons (Fsp3) is 0.895. The highest BCUT2D eigenvalue weighted by Crippen LogP contribution is 2.27. The molecule has 2 atom stereocenters. The van der Waals surface area contributed by atoms with Crippen LogP contribution in [0.2, 0.25) is 6.55 Å². The molecule has 5 heteroatoms.